The van der Waals surface area contributed by atoms with Crippen molar-refractivity contribution in [1.82, 2.24) is 5.32 Å². The predicted molar refractivity (Wildman–Crippen MR) is 67.9 cm³/mol. The van der Waals surface area contributed by atoms with Gasteiger partial charge in [-0.1, -0.05) is 24.3 Å². The summed E-state index contributed by atoms with van der Waals surface area (Å²) in [4.78, 5) is 4.14. The Morgan fingerprint density at radius 2 is 2.06 bits per heavy atom. The van der Waals surface area contributed by atoms with Gasteiger partial charge in [0.1, 0.15) is 5.82 Å². The molecular weight excluding hydrogens is 215 g/mol. The maximum atomic E-state index is 13.1. The maximum absolute atomic E-state index is 13.1. The van der Waals surface area contributed by atoms with Crippen LogP contribution < -0.4 is 5.32 Å². The number of nitrogens with zero attached hydrogens (tertiary/aromatic N) is 1. The van der Waals surface area contributed by atoms with Gasteiger partial charge in [0.15, 0.2) is 0 Å². The van der Waals surface area contributed by atoms with Gasteiger partial charge in [0.05, 0.1) is 18.9 Å². The molecule has 1 N–H and O–H groups in total. The van der Waals surface area contributed by atoms with Crippen LogP contribution in [-0.4, -0.2) is 18.9 Å². The Bertz CT molecular complexity index is 569. The maximum Gasteiger partial charge on any atom is 0.123 e. The van der Waals surface area contributed by atoms with Crippen LogP contribution in [0.25, 0.3) is 10.8 Å². The molecule has 86 valence electrons. The van der Waals surface area contributed by atoms with Crippen LogP contribution >= 0.6 is 0 Å². The minimum absolute atomic E-state index is 0.183. The molecule has 1 unspecified atom stereocenters. The highest BCUT2D eigenvalue weighted by molar-refractivity contribution is 5.83. The zero-order valence-electron chi connectivity index (χ0n) is 9.36. The molecule has 0 fully saturated rings. The SMILES string of the molecule is Fc1ccc2ccc(CC3CN=CN3)cc2c1. The van der Waals surface area contributed by atoms with E-state index in [9.17, 15) is 4.39 Å². The Morgan fingerprint density at radius 1 is 1.18 bits per heavy atom. The minimum atomic E-state index is -0.183. The molecule has 2 nitrogen and oxygen atoms in total. The van der Waals surface area contributed by atoms with Gasteiger partial charge < -0.3 is 5.32 Å². The van der Waals surface area contributed by atoms with Crippen molar-refractivity contribution in [2.24, 2.45) is 4.99 Å². The molecule has 0 aromatic heterocycles. The fourth-order valence-corrected chi connectivity index (χ4v) is 2.19. The molecule has 0 spiro atoms. The first kappa shape index (κ1) is 10.3. The Kier molecular flexibility index (Phi) is 2.52. The van der Waals surface area contributed by atoms with Gasteiger partial charge in [0.2, 0.25) is 0 Å². The second-order valence-electron chi connectivity index (χ2n) is 4.39. The Balaban J connectivity index is 1.89. The summed E-state index contributed by atoms with van der Waals surface area (Å²) in [5.74, 6) is -0.183. The Morgan fingerprint density at radius 3 is 2.88 bits per heavy atom. The second-order valence-corrected chi connectivity index (χ2v) is 4.39. The van der Waals surface area contributed by atoms with E-state index < -0.39 is 0 Å². The summed E-state index contributed by atoms with van der Waals surface area (Å²) in [5.41, 5.74) is 1.21. The molecule has 0 saturated carbocycles. The molecule has 2 aromatic carbocycles. The first-order valence-electron chi connectivity index (χ1n) is 5.74. The van der Waals surface area contributed by atoms with Crippen molar-refractivity contribution in [3.8, 4) is 0 Å². The molecule has 1 aliphatic heterocycles. The van der Waals surface area contributed by atoms with Crippen LogP contribution in [0.2, 0.25) is 0 Å². The molecule has 0 amide bonds. The van der Waals surface area contributed by atoms with Gasteiger partial charge in [-0.2, -0.15) is 0 Å². The van der Waals surface area contributed by atoms with E-state index in [1.165, 1.54) is 11.6 Å². The van der Waals surface area contributed by atoms with Gasteiger partial charge >= 0.3 is 0 Å². The van der Waals surface area contributed by atoms with E-state index in [0.717, 1.165) is 23.7 Å². The van der Waals surface area contributed by atoms with Crippen molar-refractivity contribution in [3.05, 3.63) is 47.8 Å². The monoisotopic (exact) mass is 228 g/mol. The molecular formula is C14H13FN2. The predicted octanol–water partition coefficient (Wildman–Crippen LogP) is 2.52. The van der Waals surface area contributed by atoms with Gasteiger partial charge in [-0.3, -0.25) is 4.99 Å². The van der Waals surface area contributed by atoms with Crippen LogP contribution in [0.1, 0.15) is 5.56 Å². The standard InChI is InChI=1S/C14H13FN2/c15-13-4-3-11-2-1-10(5-12(11)7-13)6-14-8-16-9-17-14/h1-5,7,9,14H,6,8H2,(H,16,17). The number of hydrogen-bond acceptors (Lipinski definition) is 2. The number of nitrogens with one attached hydrogen (secondary N) is 1. The molecule has 1 aliphatic rings. The molecule has 0 radical (unpaired) electrons. The van der Waals surface area contributed by atoms with Crippen molar-refractivity contribution in [1.29, 1.82) is 0 Å². The summed E-state index contributed by atoms with van der Waals surface area (Å²) < 4.78 is 13.1. The van der Waals surface area contributed by atoms with Gasteiger partial charge in [-0.05, 0) is 34.9 Å². The van der Waals surface area contributed by atoms with Crippen LogP contribution in [0.3, 0.4) is 0 Å². The molecule has 0 bridgehead atoms. The Hall–Kier alpha value is -1.90. The summed E-state index contributed by atoms with van der Waals surface area (Å²) in [6, 6.07) is 11.5. The minimum Gasteiger partial charge on any atom is -0.372 e. The highest BCUT2D eigenvalue weighted by Crippen LogP contribution is 2.18. The van der Waals surface area contributed by atoms with E-state index in [-0.39, 0.29) is 5.82 Å². The van der Waals surface area contributed by atoms with Crippen molar-refractivity contribution in [2.75, 3.05) is 6.54 Å². The van der Waals surface area contributed by atoms with E-state index in [1.807, 2.05) is 12.1 Å². The number of halogens is 1. The number of hydrogen-bond donors (Lipinski definition) is 1. The number of rotatable bonds is 2. The van der Waals surface area contributed by atoms with E-state index in [2.05, 4.69) is 22.4 Å². The first-order chi connectivity index (χ1) is 8.31. The van der Waals surface area contributed by atoms with Gasteiger partial charge in [0, 0.05) is 0 Å². The van der Waals surface area contributed by atoms with Gasteiger partial charge in [-0.15, -0.1) is 0 Å². The third-order valence-electron chi connectivity index (χ3n) is 3.08. The number of fused-ring (bicyclic) bond motifs is 1. The number of benzene rings is 2. The van der Waals surface area contributed by atoms with Crippen LogP contribution in [0.5, 0.6) is 0 Å². The van der Waals surface area contributed by atoms with Crippen molar-refractivity contribution >= 4 is 17.1 Å². The van der Waals surface area contributed by atoms with E-state index >= 15 is 0 Å². The smallest absolute Gasteiger partial charge is 0.123 e. The van der Waals surface area contributed by atoms with Gasteiger partial charge in [-0.25, -0.2) is 4.39 Å². The highest BCUT2D eigenvalue weighted by Gasteiger charge is 2.11. The molecule has 3 rings (SSSR count). The average molecular weight is 228 g/mol. The molecule has 2 aromatic rings. The van der Waals surface area contributed by atoms with Crippen LogP contribution in [0.4, 0.5) is 4.39 Å². The molecule has 3 heteroatoms. The molecule has 17 heavy (non-hydrogen) atoms. The summed E-state index contributed by atoms with van der Waals surface area (Å²) in [7, 11) is 0. The van der Waals surface area contributed by atoms with Crippen LogP contribution in [0, 0.1) is 5.82 Å². The summed E-state index contributed by atoms with van der Waals surface area (Å²) >= 11 is 0. The Labute approximate surface area is 99.2 Å². The summed E-state index contributed by atoms with van der Waals surface area (Å²) in [6.45, 7) is 0.821. The summed E-state index contributed by atoms with van der Waals surface area (Å²) in [5, 5.41) is 5.23. The third-order valence-corrected chi connectivity index (χ3v) is 3.08. The van der Waals surface area contributed by atoms with E-state index in [1.54, 1.807) is 12.4 Å². The number of aliphatic imine (C=N–C) groups is 1. The van der Waals surface area contributed by atoms with Crippen molar-refractivity contribution in [2.45, 2.75) is 12.5 Å². The highest BCUT2D eigenvalue weighted by atomic mass is 19.1. The van der Waals surface area contributed by atoms with E-state index in [4.69, 9.17) is 0 Å². The lowest BCUT2D eigenvalue weighted by Gasteiger charge is -2.10. The third kappa shape index (κ3) is 2.13. The normalized spacial score (nSPS) is 18.5. The second kappa shape index (κ2) is 4.17. The summed E-state index contributed by atoms with van der Waals surface area (Å²) in [6.07, 6.45) is 2.68. The average Bonchev–Trinajstić information content (AvgIpc) is 2.81. The van der Waals surface area contributed by atoms with Crippen molar-refractivity contribution < 1.29 is 4.39 Å². The van der Waals surface area contributed by atoms with Crippen LogP contribution in [-0.2, 0) is 6.42 Å². The van der Waals surface area contributed by atoms with Crippen LogP contribution in [0.15, 0.2) is 41.4 Å². The molecule has 0 saturated heterocycles. The first-order valence-corrected chi connectivity index (χ1v) is 5.74. The molecule has 1 atom stereocenters. The lowest BCUT2D eigenvalue weighted by atomic mass is 10.0. The molecule has 1 heterocycles. The largest absolute Gasteiger partial charge is 0.372 e. The lowest BCUT2D eigenvalue weighted by Crippen LogP contribution is -2.26. The van der Waals surface area contributed by atoms with E-state index in [0.29, 0.717) is 6.04 Å². The quantitative estimate of drug-likeness (QED) is 0.839. The zero-order valence-corrected chi connectivity index (χ0v) is 9.36. The molecule has 0 aliphatic carbocycles. The zero-order chi connectivity index (χ0) is 11.7. The fraction of sp³-hybridized carbons (Fsp3) is 0.214. The fourth-order valence-electron chi connectivity index (χ4n) is 2.19. The lowest BCUT2D eigenvalue weighted by molar-refractivity contribution is 0.629. The topological polar surface area (TPSA) is 24.4 Å². The van der Waals surface area contributed by atoms with Gasteiger partial charge in [0.25, 0.3) is 0 Å². The van der Waals surface area contributed by atoms with Crippen molar-refractivity contribution in [3.63, 3.8) is 0 Å².